The van der Waals surface area contributed by atoms with Crippen LogP contribution < -0.4 is 0 Å². The molecular formula is C26H33ClN2OS. The zero-order chi connectivity index (χ0) is 22.4. The van der Waals surface area contributed by atoms with Crippen LogP contribution in [0.2, 0.25) is 0 Å². The van der Waals surface area contributed by atoms with Crippen LogP contribution in [0.25, 0.3) is 11.0 Å². The first-order valence-corrected chi connectivity index (χ1v) is 12.1. The van der Waals surface area contributed by atoms with Crippen molar-refractivity contribution >= 4 is 34.4 Å². The Bertz CT molecular complexity index is 1000. The van der Waals surface area contributed by atoms with E-state index in [2.05, 4.69) is 56.2 Å². The number of benzene rings is 1. The van der Waals surface area contributed by atoms with Crippen molar-refractivity contribution < 1.29 is 4.74 Å². The molecule has 0 N–H and O–H groups in total. The van der Waals surface area contributed by atoms with Crippen LogP contribution in [0.4, 0.5) is 0 Å². The summed E-state index contributed by atoms with van der Waals surface area (Å²) in [5, 5.41) is 0. The smallest absolute Gasteiger partial charge is 0.115 e. The van der Waals surface area contributed by atoms with Gasteiger partial charge in [-0.25, -0.2) is 4.98 Å². The minimum absolute atomic E-state index is 0.0147. The first kappa shape index (κ1) is 23.9. The molecule has 1 fully saturated rings. The molecule has 3 nitrogen and oxygen atoms in total. The second-order valence-electron chi connectivity index (χ2n) is 9.02. The van der Waals surface area contributed by atoms with Crippen LogP contribution in [0, 0.1) is 5.92 Å². The van der Waals surface area contributed by atoms with E-state index in [4.69, 9.17) is 21.3 Å². The van der Waals surface area contributed by atoms with Gasteiger partial charge in [0.2, 0.25) is 0 Å². The third kappa shape index (κ3) is 6.38. The van der Waals surface area contributed by atoms with Gasteiger partial charge >= 0.3 is 0 Å². The minimum Gasteiger partial charge on any atom is -0.381 e. The maximum absolute atomic E-state index is 5.69. The van der Waals surface area contributed by atoms with Crippen molar-refractivity contribution in [2.75, 3.05) is 13.2 Å². The lowest BCUT2D eigenvalue weighted by Crippen LogP contribution is -2.25. The van der Waals surface area contributed by atoms with Crippen LogP contribution >= 0.6 is 23.4 Å². The summed E-state index contributed by atoms with van der Waals surface area (Å²) >= 11 is 7.40. The zero-order valence-electron chi connectivity index (χ0n) is 19.0. The Hall–Kier alpha value is -1.75. The molecule has 1 aromatic heterocycles. The highest BCUT2D eigenvalue weighted by molar-refractivity contribution is 8.03. The summed E-state index contributed by atoms with van der Waals surface area (Å²) in [6.45, 7) is 15.5. The summed E-state index contributed by atoms with van der Waals surface area (Å²) in [7, 11) is 0. The topological polar surface area (TPSA) is 27.1 Å². The Morgan fingerprint density at radius 1 is 1.29 bits per heavy atom. The Balaban J connectivity index is 1.95. The second-order valence-corrected chi connectivity index (χ2v) is 10.4. The molecule has 1 saturated heterocycles. The lowest BCUT2D eigenvalue weighted by molar-refractivity contribution is 0.0611. The first-order valence-electron chi connectivity index (χ1n) is 10.9. The largest absolute Gasteiger partial charge is 0.381 e. The van der Waals surface area contributed by atoms with Gasteiger partial charge < -0.3 is 9.30 Å². The third-order valence-corrected chi connectivity index (χ3v) is 6.45. The molecule has 1 aromatic carbocycles. The van der Waals surface area contributed by atoms with Gasteiger partial charge in [0.1, 0.15) is 5.82 Å². The number of halogens is 1. The molecule has 0 atom stereocenters. The molecule has 3 rings (SSSR count). The van der Waals surface area contributed by atoms with E-state index in [9.17, 15) is 0 Å². The number of allylic oxidation sites excluding steroid dienone is 5. The lowest BCUT2D eigenvalue weighted by atomic mass is 9.94. The van der Waals surface area contributed by atoms with Crippen molar-refractivity contribution in [1.29, 1.82) is 0 Å². The van der Waals surface area contributed by atoms with E-state index in [-0.39, 0.29) is 5.41 Å². The molecule has 0 amide bonds. The van der Waals surface area contributed by atoms with Gasteiger partial charge in [0.05, 0.1) is 11.0 Å². The Labute approximate surface area is 195 Å². The standard InChI is InChI=1S/C26H33ClN2OS/c1-6-7-21(16-19(2)10-13-27)31-22-8-9-24-23(17-22)28-25(26(3,4)5)29(24)18-20-11-14-30-15-12-20/h6-10,13,16-17,20H,2,11-12,14-15,18H2,1,3-5H3/b7-6-,13-10-,21-16+. The number of hydrogen-bond donors (Lipinski definition) is 0. The number of aromatic nitrogens is 2. The Kier molecular flexibility index (Phi) is 8.26. The van der Waals surface area contributed by atoms with E-state index >= 15 is 0 Å². The van der Waals surface area contributed by atoms with Gasteiger partial charge in [-0.05, 0) is 61.6 Å². The van der Waals surface area contributed by atoms with E-state index in [1.54, 1.807) is 17.8 Å². The monoisotopic (exact) mass is 456 g/mol. The molecule has 0 saturated carbocycles. The predicted octanol–water partition coefficient (Wildman–Crippen LogP) is 7.62. The van der Waals surface area contributed by atoms with E-state index in [1.165, 1.54) is 11.1 Å². The number of imidazole rings is 1. The SMILES string of the molecule is C=C(/C=C\Cl)/C=C(\C=C/C)Sc1ccc2c(c1)nc(C(C)(C)C)n2CC1CCOCC1. The molecule has 0 spiro atoms. The van der Waals surface area contributed by atoms with Crippen molar-refractivity contribution in [3.8, 4) is 0 Å². The third-order valence-electron chi connectivity index (χ3n) is 5.34. The maximum Gasteiger partial charge on any atom is 0.115 e. The molecule has 2 heterocycles. The molecule has 1 aliphatic rings. The first-order chi connectivity index (χ1) is 14.8. The highest BCUT2D eigenvalue weighted by Gasteiger charge is 2.25. The molecule has 0 bridgehead atoms. The fraction of sp³-hybridized carbons (Fsp3) is 0.423. The summed E-state index contributed by atoms with van der Waals surface area (Å²) in [4.78, 5) is 7.36. The van der Waals surface area contributed by atoms with Gasteiger partial charge in [0.15, 0.2) is 0 Å². The van der Waals surface area contributed by atoms with Gasteiger partial charge in [-0.3, -0.25) is 0 Å². The normalized spacial score (nSPS) is 16.7. The van der Waals surface area contributed by atoms with Gasteiger partial charge in [-0.2, -0.15) is 0 Å². The summed E-state index contributed by atoms with van der Waals surface area (Å²) in [5.74, 6) is 1.80. The highest BCUT2D eigenvalue weighted by Crippen LogP contribution is 2.34. The maximum atomic E-state index is 5.69. The Morgan fingerprint density at radius 2 is 2.03 bits per heavy atom. The molecule has 0 unspecified atom stereocenters. The molecule has 166 valence electrons. The van der Waals surface area contributed by atoms with Crippen LogP contribution in [0.1, 0.15) is 46.4 Å². The summed E-state index contributed by atoms with van der Waals surface area (Å²) in [5.41, 5.74) is 4.61. The molecule has 2 aromatic rings. The average Bonchev–Trinajstić information content (AvgIpc) is 3.07. The second kappa shape index (κ2) is 10.7. The number of nitrogens with zero attached hydrogens (tertiary/aromatic N) is 2. The number of hydrogen-bond acceptors (Lipinski definition) is 3. The van der Waals surface area contributed by atoms with E-state index in [0.717, 1.165) is 59.3 Å². The van der Waals surface area contributed by atoms with Crippen molar-refractivity contribution in [1.82, 2.24) is 9.55 Å². The van der Waals surface area contributed by atoms with E-state index < -0.39 is 0 Å². The zero-order valence-corrected chi connectivity index (χ0v) is 20.6. The summed E-state index contributed by atoms with van der Waals surface area (Å²) in [6.07, 6.45) is 10.2. The number of fused-ring (bicyclic) bond motifs is 1. The van der Waals surface area contributed by atoms with Crippen LogP contribution in [0.3, 0.4) is 0 Å². The fourth-order valence-electron chi connectivity index (χ4n) is 3.84. The van der Waals surface area contributed by atoms with Crippen molar-refractivity contribution in [2.24, 2.45) is 5.92 Å². The van der Waals surface area contributed by atoms with E-state index in [1.807, 2.05) is 19.1 Å². The predicted molar refractivity (Wildman–Crippen MR) is 135 cm³/mol. The molecule has 1 aliphatic heterocycles. The van der Waals surface area contributed by atoms with Crippen molar-refractivity contribution in [3.63, 3.8) is 0 Å². The lowest BCUT2D eigenvalue weighted by Gasteiger charge is -2.26. The minimum atomic E-state index is -0.0147. The molecule has 31 heavy (non-hydrogen) atoms. The van der Waals surface area contributed by atoms with Gasteiger partial charge in [0.25, 0.3) is 0 Å². The van der Waals surface area contributed by atoms with Gasteiger partial charge in [0, 0.05) is 40.5 Å². The van der Waals surface area contributed by atoms with Gasteiger partial charge in [-0.15, -0.1) is 0 Å². The van der Waals surface area contributed by atoms with E-state index in [0.29, 0.717) is 5.92 Å². The van der Waals surface area contributed by atoms with Crippen molar-refractivity contribution in [3.05, 3.63) is 70.9 Å². The van der Waals surface area contributed by atoms with Crippen LogP contribution in [-0.4, -0.2) is 22.8 Å². The molecule has 0 radical (unpaired) electrons. The quantitative estimate of drug-likeness (QED) is 0.316. The highest BCUT2D eigenvalue weighted by atomic mass is 35.5. The van der Waals surface area contributed by atoms with Crippen LogP contribution in [-0.2, 0) is 16.7 Å². The number of ether oxygens (including phenoxy) is 1. The molecule has 0 aliphatic carbocycles. The number of thioether (sulfide) groups is 1. The van der Waals surface area contributed by atoms with Crippen LogP contribution in [0.5, 0.6) is 0 Å². The van der Waals surface area contributed by atoms with Crippen molar-refractivity contribution in [2.45, 2.75) is 57.4 Å². The number of rotatable bonds is 7. The average molecular weight is 457 g/mol. The van der Waals surface area contributed by atoms with Crippen LogP contribution in [0.15, 0.2) is 70.0 Å². The molecular weight excluding hydrogens is 424 g/mol. The van der Waals surface area contributed by atoms with Gasteiger partial charge in [-0.1, -0.05) is 62.9 Å². The summed E-state index contributed by atoms with van der Waals surface area (Å²) < 4.78 is 8.00. The molecule has 5 heteroatoms. The fourth-order valence-corrected chi connectivity index (χ4v) is 5.00. The summed E-state index contributed by atoms with van der Waals surface area (Å²) in [6, 6.07) is 6.62. The Morgan fingerprint density at radius 3 is 2.68 bits per heavy atom.